The van der Waals surface area contributed by atoms with Crippen LogP contribution in [0.3, 0.4) is 0 Å². The quantitative estimate of drug-likeness (QED) is 0.500. The van der Waals surface area contributed by atoms with E-state index < -0.39 is 0 Å². The van der Waals surface area contributed by atoms with Gasteiger partial charge in [0.25, 0.3) is 0 Å². The summed E-state index contributed by atoms with van der Waals surface area (Å²) in [5.41, 5.74) is 6.83. The molecule has 4 rings (SSSR count). The summed E-state index contributed by atoms with van der Waals surface area (Å²) in [7, 11) is 0. The van der Waals surface area contributed by atoms with Crippen LogP contribution in [-0.4, -0.2) is 15.0 Å². The Morgan fingerprint density at radius 3 is 2.46 bits per heavy atom. The molecule has 124 valence electrons. The van der Waals surface area contributed by atoms with Gasteiger partial charge in [-0.1, -0.05) is 49.1 Å². The number of hydrogen-bond acceptors (Lipinski definition) is 3. The molecule has 0 aliphatic rings. The van der Waals surface area contributed by atoms with E-state index in [0.29, 0.717) is 0 Å². The second kappa shape index (κ2) is 7.16. The number of fused-ring (bicyclic) bond motifs is 1. The fourth-order valence-corrected chi connectivity index (χ4v) is 2.90. The molecule has 4 aromatic rings. The lowest BCUT2D eigenvalue weighted by molar-refractivity contribution is 1.12. The molecule has 0 unspecified atom stereocenters. The smallest absolute Gasteiger partial charge is 0.105 e. The van der Waals surface area contributed by atoms with E-state index in [0.717, 1.165) is 39.8 Å². The molecule has 0 saturated heterocycles. The first-order valence-corrected chi connectivity index (χ1v) is 8.61. The lowest BCUT2D eigenvalue weighted by atomic mass is 10.0. The molecular weight excluding hydrogens is 318 g/mol. The van der Waals surface area contributed by atoms with E-state index in [1.165, 1.54) is 5.56 Å². The fraction of sp³-hybridized carbons (Fsp3) is 0.0870. The van der Waals surface area contributed by atoms with Gasteiger partial charge in [0.1, 0.15) is 5.52 Å². The van der Waals surface area contributed by atoms with Gasteiger partial charge >= 0.3 is 0 Å². The predicted molar refractivity (Wildman–Crippen MR) is 105 cm³/mol. The summed E-state index contributed by atoms with van der Waals surface area (Å²) in [5.74, 6) is 6.42. The van der Waals surface area contributed by atoms with Gasteiger partial charge in [0.15, 0.2) is 0 Å². The molecule has 0 bridgehead atoms. The van der Waals surface area contributed by atoms with Gasteiger partial charge in [-0.15, -0.1) is 0 Å². The van der Waals surface area contributed by atoms with Crippen LogP contribution in [0.4, 0.5) is 0 Å². The first-order chi connectivity index (χ1) is 12.8. The summed E-state index contributed by atoms with van der Waals surface area (Å²) in [6, 6.07) is 18.1. The summed E-state index contributed by atoms with van der Waals surface area (Å²) >= 11 is 0. The number of aromatic nitrogens is 3. The van der Waals surface area contributed by atoms with Crippen molar-refractivity contribution in [2.24, 2.45) is 0 Å². The molecule has 0 aliphatic carbocycles. The van der Waals surface area contributed by atoms with Crippen molar-refractivity contribution in [2.45, 2.75) is 13.3 Å². The van der Waals surface area contributed by atoms with Crippen molar-refractivity contribution < 1.29 is 0 Å². The van der Waals surface area contributed by atoms with Gasteiger partial charge < -0.3 is 0 Å². The number of aryl methyl sites for hydroxylation is 1. The van der Waals surface area contributed by atoms with Gasteiger partial charge in [-0.05, 0) is 36.2 Å². The van der Waals surface area contributed by atoms with Crippen molar-refractivity contribution in [1.29, 1.82) is 0 Å². The highest BCUT2D eigenvalue weighted by atomic mass is 14.8. The lowest BCUT2D eigenvalue weighted by Crippen LogP contribution is -1.96. The van der Waals surface area contributed by atoms with Crippen LogP contribution in [0.5, 0.6) is 0 Å². The Balaban J connectivity index is 1.89. The second-order valence-corrected chi connectivity index (χ2v) is 5.93. The number of hydrogen-bond donors (Lipinski definition) is 0. The SMILES string of the molecule is CCc1cc2nccc(C#Cc3ccncc3)c2nc1-c1ccccc1. The molecule has 0 N–H and O–H groups in total. The molecule has 3 aromatic heterocycles. The van der Waals surface area contributed by atoms with Gasteiger partial charge in [0, 0.05) is 29.7 Å². The summed E-state index contributed by atoms with van der Waals surface area (Å²) in [4.78, 5) is 13.5. The van der Waals surface area contributed by atoms with Gasteiger partial charge in [-0.3, -0.25) is 9.97 Å². The van der Waals surface area contributed by atoms with Crippen LogP contribution in [0.25, 0.3) is 22.3 Å². The van der Waals surface area contributed by atoms with Gasteiger partial charge in [-0.25, -0.2) is 4.98 Å². The zero-order valence-corrected chi connectivity index (χ0v) is 14.5. The van der Waals surface area contributed by atoms with Gasteiger partial charge in [0.2, 0.25) is 0 Å². The highest BCUT2D eigenvalue weighted by Gasteiger charge is 2.10. The first kappa shape index (κ1) is 16.0. The Bertz CT molecular complexity index is 1110. The largest absolute Gasteiger partial charge is 0.265 e. The molecule has 0 radical (unpaired) electrons. The Morgan fingerprint density at radius 2 is 1.69 bits per heavy atom. The fourth-order valence-electron chi connectivity index (χ4n) is 2.90. The summed E-state index contributed by atoms with van der Waals surface area (Å²) in [6.07, 6.45) is 6.19. The van der Waals surface area contributed by atoms with Crippen LogP contribution in [-0.2, 0) is 6.42 Å². The van der Waals surface area contributed by atoms with Crippen LogP contribution in [0, 0.1) is 11.8 Å². The Hall–Kier alpha value is -3.51. The van der Waals surface area contributed by atoms with Crippen molar-refractivity contribution in [3.05, 3.63) is 89.9 Å². The summed E-state index contributed by atoms with van der Waals surface area (Å²) < 4.78 is 0. The molecule has 3 nitrogen and oxygen atoms in total. The minimum absolute atomic E-state index is 0.838. The maximum Gasteiger partial charge on any atom is 0.105 e. The van der Waals surface area contributed by atoms with Crippen molar-refractivity contribution in [3.63, 3.8) is 0 Å². The molecule has 3 heteroatoms. The van der Waals surface area contributed by atoms with Gasteiger partial charge in [0.05, 0.1) is 16.8 Å². The van der Waals surface area contributed by atoms with E-state index in [4.69, 9.17) is 4.98 Å². The van der Waals surface area contributed by atoms with Crippen LogP contribution in [0.1, 0.15) is 23.6 Å². The van der Waals surface area contributed by atoms with Gasteiger partial charge in [-0.2, -0.15) is 0 Å². The van der Waals surface area contributed by atoms with E-state index in [1.807, 2.05) is 36.4 Å². The number of rotatable bonds is 2. The maximum absolute atomic E-state index is 4.95. The zero-order valence-electron chi connectivity index (χ0n) is 14.5. The minimum Gasteiger partial charge on any atom is -0.265 e. The normalized spacial score (nSPS) is 10.3. The number of benzene rings is 1. The summed E-state index contributed by atoms with van der Waals surface area (Å²) in [5, 5.41) is 0. The molecule has 0 amide bonds. The number of pyridine rings is 3. The Kier molecular flexibility index (Phi) is 4.40. The molecule has 1 aromatic carbocycles. The van der Waals surface area contributed by atoms with Crippen molar-refractivity contribution in [3.8, 4) is 23.1 Å². The molecule has 0 spiro atoms. The Morgan fingerprint density at radius 1 is 0.885 bits per heavy atom. The molecule has 0 fully saturated rings. The molecule has 0 saturated carbocycles. The first-order valence-electron chi connectivity index (χ1n) is 8.61. The third-order valence-corrected chi connectivity index (χ3v) is 4.24. The average molecular weight is 335 g/mol. The third kappa shape index (κ3) is 3.18. The highest BCUT2D eigenvalue weighted by Crippen LogP contribution is 2.26. The van der Waals surface area contributed by atoms with Crippen LogP contribution < -0.4 is 0 Å². The van der Waals surface area contributed by atoms with Crippen LogP contribution >= 0.6 is 0 Å². The van der Waals surface area contributed by atoms with Crippen molar-refractivity contribution in [1.82, 2.24) is 15.0 Å². The third-order valence-electron chi connectivity index (χ3n) is 4.24. The highest BCUT2D eigenvalue weighted by molar-refractivity contribution is 5.85. The standard InChI is InChI=1S/C23H17N3/c1-2-18-16-21-23(26-22(18)19-6-4-3-5-7-19)20(12-15-25-21)9-8-17-10-13-24-14-11-17/h3-7,10-16H,2H2,1H3. The van der Waals surface area contributed by atoms with E-state index in [2.05, 4.69) is 46.9 Å². The number of nitrogens with zero attached hydrogens (tertiary/aromatic N) is 3. The van der Waals surface area contributed by atoms with E-state index in [1.54, 1.807) is 18.6 Å². The summed E-state index contributed by atoms with van der Waals surface area (Å²) in [6.45, 7) is 2.14. The Labute approximate surface area is 152 Å². The van der Waals surface area contributed by atoms with E-state index >= 15 is 0 Å². The maximum atomic E-state index is 4.95. The van der Waals surface area contributed by atoms with Crippen LogP contribution in [0.15, 0.2) is 73.2 Å². The molecular formula is C23H17N3. The zero-order chi connectivity index (χ0) is 17.8. The molecule has 0 atom stereocenters. The average Bonchev–Trinajstić information content (AvgIpc) is 2.72. The van der Waals surface area contributed by atoms with E-state index in [9.17, 15) is 0 Å². The predicted octanol–water partition coefficient (Wildman–Crippen LogP) is 4.65. The molecule has 0 aliphatic heterocycles. The second-order valence-electron chi connectivity index (χ2n) is 5.93. The monoisotopic (exact) mass is 335 g/mol. The van der Waals surface area contributed by atoms with Crippen molar-refractivity contribution in [2.75, 3.05) is 0 Å². The lowest BCUT2D eigenvalue weighted by Gasteiger charge is -2.10. The van der Waals surface area contributed by atoms with E-state index in [-0.39, 0.29) is 0 Å². The molecule has 26 heavy (non-hydrogen) atoms. The topological polar surface area (TPSA) is 38.7 Å². The minimum atomic E-state index is 0.838. The molecule has 3 heterocycles. The van der Waals surface area contributed by atoms with Crippen molar-refractivity contribution >= 4 is 11.0 Å². The van der Waals surface area contributed by atoms with Crippen LogP contribution in [0.2, 0.25) is 0 Å².